The highest BCUT2D eigenvalue weighted by molar-refractivity contribution is 6.36. The van der Waals surface area contributed by atoms with Crippen LogP contribution in [0.5, 0.6) is 0 Å². The van der Waals surface area contributed by atoms with Crippen molar-refractivity contribution in [3.05, 3.63) is 101 Å². The highest BCUT2D eigenvalue weighted by Crippen LogP contribution is 2.33. The predicted molar refractivity (Wildman–Crippen MR) is 126 cm³/mol. The fourth-order valence-corrected chi connectivity index (χ4v) is 4.09. The summed E-state index contributed by atoms with van der Waals surface area (Å²) in [7, 11) is 0. The van der Waals surface area contributed by atoms with Gasteiger partial charge in [-0.25, -0.2) is 14.3 Å². The van der Waals surface area contributed by atoms with Crippen LogP contribution in [0.2, 0.25) is 10.0 Å². The first kappa shape index (κ1) is 20.2. The molecule has 0 aliphatic heterocycles. The molecule has 5 aromatic rings. The molecule has 5 nitrogen and oxygen atoms in total. The van der Waals surface area contributed by atoms with Crippen molar-refractivity contribution in [2.75, 3.05) is 0 Å². The summed E-state index contributed by atoms with van der Waals surface area (Å²) in [5, 5.41) is 14.7. The van der Waals surface area contributed by atoms with Crippen molar-refractivity contribution in [3.8, 4) is 33.6 Å². The van der Waals surface area contributed by atoms with E-state index in [1.807, 2.05) is 60.7 Å². The largest absolute Gasteiger partial charge is 0.476 e. The summed E-state index contributed by atoms with van der Waals surface area (Å²) in [4.78, 5) is 16.1. The van der Waals surface area contributed by atoms with E-state index in [1.165, 1.54) is 10.6 Å². The van der Waals surface area contributed by atoms with Crippen LogP contribution in [0.15, 0.2) is 84.9 Å². The third-order valence-electron chi connectivity index (χ3n) is 5.14. The maximum Gasteiger partial charge on any atom is 0.356 e. The SMILES string of the molecule is O=C(O)c1cc2nc(-c3ccc(Cl)cc3Cl)cc(-c3ccc(-c4ccccc4)cc3)n2n1. The maximum atomic E-state index is 11.5. The second-order valence-corrected chi connectivity index (χ2v) is 8.04. The molecule has 1 N–H and O–H groups in total. The van der Waals surface area contributed by atoms with Gasteiger partial charge in [0.05, 0.1) is 16.4 Å². The quantitative estimate of drug-likeness (QED) is 0.323. The molecular weight excluding hydrogens is 445 g/mol. The molecule has 0 fully saturated rings. The van der Waals surface area contributed by atoms with Crippen LogP contribution in [0.3, 0.4) is 0 Å². The summed E-state index contributed by atoms with van der Waals surface area (Å²) in [6.07, 6.45) is 0. The molecule has 0 bridgehead atoms. The summed E-state index contributed by atoms with van der Waals surface area (Å²) in [5.41, 5.74) is 5.36. The lowest BCUT2D eigenvalue weighted by Crippen LogP contribution is -2.01. The van der Waals surface area contributed by atoms with E-state index >= 15 is 0 Å². The van der Waals surface area contributed by atoms with Crippen LogP contribution in [0, 0.1) is 0 Å². The number of nitrogens with zero attached hydrogens (tertiary/aromatic N) is 3. The monoisotopic (exact) mass is 459 g/mol. The van der Waals surface area contributed by atoms with Gasteiger partial charge >= 0.3 is 5.97 Å². The molecule has 2 heterocycles. The predicted octanol–water partition coefficient (Wildman–Crippen LogP) is 6.74. The molecule has 3 aromatic carbocycles. The molecule has 0 radical (unpaired) electrons. The number of carbonyl (C=O) groups is 1. The van der Waals surface area contributed by atoms with Gasteiger partial charge in [-0.3, -0.25) is 0 Å². The minimum atomic E-state index is -1.12. The average molecular weight is 460 g/mol. The Kier molecular flexibility index (Phi) is 5.13. The Morgan fingerprint density at radius 3 is 2.19 bits per heavy atom. The Morgan fingerprint density at radius 2 is 1.50 bits per heavy atom. The van der Waals surface area contributed by atoms with Crippen LogP contribution in [0.4, 0.5) is 0 Å². The summed E-state index contributed by atoms with van der Waals surface area (Å²) < 4.78 is 1.54. The number of hydrogen-bond acceptors (Lipinski definition) is 3. The van der Waals surface area contributed by atoms with Crippen molar-refractivity contribution in [3.63, 3.8) is 0 Å². The number of fused-ring (bicyclic) bond motifs is 1. The number of aromatic carboxylic acids is 1. The van der Waals surface area contributed by atoms with Gasteiger partial charge in [0, 0.05) is 22.2 Å². The Labute approximate surface area is 193 Å². The molecule has 0 saturated carbocycles. The summed E-state index contributed by atoms with van der Waals surface area (Å²) in [6, 6.07) is 26.5. The number of carboxylic acid groups (broad SMARTS) is 1. The third kappa shape index (κ3) is 3.73. The molecule has 0 unspecified atom stereocenters. The van der Waals surface area contributed by atoms with Crippen LogP contribution in [0.1, 0.15) is 10.5 Å². The number of carboxylic acids is 1. The first-order valence-corrected chi connectivity index (χ1v) is 10.5. The van der Waals surface area contributed by atoms with Gasteiger partial charge in [-0.1, -0.05) is 77.8 Å². The molecule has 156 valence electrons. The summed E-state index contributed by atoms with van der Waals surface area (Å²) in [5.74, 6) is -1.12. The van der Waals surface area contributed by atoms with E-state index < -0.39 is 5.97 Å². The van der Waals surface area contributed by atoms with Crippen LogP contribution < -0.4 is 0 Å². The van der Waals surface area contributed by atoms with E-state index in [4.69, 9.17) is 23.2 Å². The fraction of sp³-hybridized carbons (Fsp3) is 0. The first-order valence-electron chi connectivity index (χ1n) is 9.75. The topological polar surface area (TPSA) is 67.5 Å². The number of rotatable bonds is 4. The van der Waals surface area contributed by atoms with Gasteiger partial charge in [0.15, 0.2) is 11.3 Å². The van der Waals surface area contributed by atoms with Crippen molar-refractivity contribution in [1.29, 1.82) is 0 Å². The number of halogens is 2. The van der Waals surface area contributed by atoms with Crippen LogP contribution in [-0.4, -0.2) is 25.7 Å². The molecule has 0 spiro atoms. The second kappa shape index (κ2) is 8.11. The van der Waals surface area contributed by atoms with Crippen molar-refractivity contribution >= 4 is 34.8 Å². The number of aromatic nitrogens is 3. The van der Waals surface area contributed by atoms with E-state index in [0.29, 0.717) is 32.6 Å². The van der Waals surface area contributed by atoms with Gasteiger partial charge in [0.25, 0.3) is 0 Å². The summed E-state index contributed by atoms with van der Waals surface area (Å²) in [6.45, 7) is 0. The molecule has 0 atom stereocenters. The molecular formula is C25H15Cl2N3O2. The minimum Gasteiger partial charge on any atom is -0.476 e. The van der Waals surface area contributed by atoms with Gasteiger partial charge in [-0.05, 0) is 35.4 Å². The smallest absolute Gasteiger partial charge is 0.356 e. The molecule has 7 heteroatoms. The van der Waals surface area contributed by atoms with E-state index in [-0.39, 0.29) is 5.69 Å². The van der Waals surface area contributed by atoms with E-state index in [2.05, 4.69) is 10.1 Å². The van der Waals surface area contributed by atoms with Crippen LogP contribution in [0.25, 0.3) is 39.3 Å². The maximum absolute atomic E-state index is 11.5. The van der Waals surface area contributed by atoms with Gasteiger partial charge < -0.3 is 5.11 Å². The second-order valence-electron chi connectivity index (χ2n) is 7.20. The van der Waals surface area contributed by atoms with Crippen LogP contribution in [-0.2, 0) is 0 Å². The zero-order valence-corrected chi connectivity index (χ0v) is 18.0. The lowest BCUT2D eigenvalue weighted by Gasteiger charge is -2.11. The Hall–Kier alpha value is -3.67. The zero-order chi connectivity index (χ0) is 22.2. The number of hydrogen-bond donors (Lipinski definition) is 1. The summed E-state index contributed by atoms with van der Waals surface area (Å²) >= 11 is 12.5. The fourth-order valence-electron chi connectivity index (χ4n) is 3.58. The average Bonchev–Trinajstić information content (AvgIpc) is 3.24. The normalized spacial score (nSPS) is 11.1. The zero-order valence-electron chi connectivity index (χ0n) is 16.5. The highest BCUT2D eigenvalue weighted by atomic mass is 35.5. The van der Waals surface area contributed by atoms with Gasteiger partial charge in [-0.15, -0.1) is 0 Å². The van der Waals surface area contributed by atoms with E-state index in [1.54, 1.807) is 18.2 Å². The van der Waals surface area contributed by atoms with E-state index in [9.17, 15) is 9.90 Å². The third-order valence-corrected chi connectivity index (χ3v) is 5.69. The van der Waals surface area contributed by atoms with Crippen molar-refractivity contribution in [1.82, 2.24) is 14.6 Å². The minimum absolute atomic E-state index is 0.0843. The Balaban J connectivity index is 1.69. The van der Waals surface area contributed by atoms with Crippen LogP contribution >= 0.6 is 23.2 Å². The van der Waals surface area contributed by atoms with E-state index in [0.717, 1.165) is 16.7 Å². The molecule has 2 aromatic heterocycles. The Bertz CT molecular complexity index is 1460. The van der Waals surface area contributed by atoms with Gasteiger partial charge in [0.2, 0.25) is 0 Å². The molecule has 0 aliphatic rings. The van der Waals surface area contributed by atoms with Gasteiger partial charge in [0.1, 0.15) is 0 Å². The molecule has 0 saturated heterocycles. The van der Waals surface area contributed by atoms with Gasteiger partial charge in [-0.2, -0.15) is 5.10 Å². The first-order chi connectivity index (χ1) is 15.5. The van der Waals surface area contributed by atoms with Crippen molar-refractivity contribution < 1.29 is 9.90 Å². The highest BCUT2D eigenvalue weighted by Gasteiger charge is 2.17. The standard InChI is InChI=1S/C25H15Cl2N3O2/c26-18-10-11-19(20(27)12-18)21-13-23(30-24(28-21)14-22(29-30)25(31)32)17-8-6-16(7-9-17)15-4-2-1-3-5-15/h1-14H,(H,31,32). The van der Waals surface area contributed by atoms with Crippen molar-refractivity contribution in [2.45, 2.75) is 0 Å². The number of benzene rings is 3. The lowest BCUT2D eigenvalue weighted by atomic mass is 10.0. The molecule has 5 rings (SSSR count). The molecule has 0 amide bonds. The molecule has 0 aliphatic carbocycles. The lowest BCUT2D eigenvalue weighted by molar-refractivity contribution is 0.0690. The Morgan fingerprint density at radius 1 is 0.812 bits per heavy atom. The van der Waals surface area contributed by atoms with Crippen molar-refractivity contribution in [2.24, 2.45) is 0 Å². The molecule has 32 heavy (non-hydrogen) atoms.